The summed E-state index contributed by atoms with van der Waals surface area (Å²) in [6, 6.07) is 7.20. The number of benzene rings is 1. The monoisotopic (exact) mass is 307 g/mol. The van der Waals surface area contributed by atoms with Gasteiger partial charge in [0, 0.05) is 19.0 Å². The molecule has 110 valence electrons. The van der Waals surface area contributed by atoms with Crippen LogP contribution in [-0.4, -0.2) is 26.0 Å². The number of amides is 3. The number of rotatable bonds is 3. The molecule has 0 radical (unpaired) electrons. The maximum atomic E-state index is 13.0. The van der Waals surface area contributed by atoms with Gasteiger partial charge >= 0.3 is 6.03 Å². The van der Waals surface area contributed by atoms with Gasteiger partial charge in [-0.3, -0.25) is 10.1 Å². The van der Waals surface area contributed by atoms with E-state index in [9.17, 15) is 14.0 Å². The lowest BCUT2D eigenvalue weighted by Crippen LogP contribution is -2.26. The topological polar surface area (TPSA) is 70.2 Å². The first kappa shape index (κ1) is 15.0. The van der Waals surface area contributed by atoms with Crippen molar-refractivity contribution in [3.63, 3.8) is 0 Å². The van der Waals surface area contributed by atoms with Crippen LogP contribution in [0.2, 0.25) is 0 Å². The molecule has 5 nitrogen and oxygen atoms in total. The standard InChI is InChI=1S/C14H14FN3O2S/c1-16-12(19)10-7-11(8-3-5-9(15)6-4-8)21-13(10)18-14(20)17-2/h3-7H,1-2H3,(H,16,19)(H2,17,18,20). The molecule has 0 unspecified atom stereocenters. The largest absolute Gasteiger partial charge is 0.355 e. The summed E-state index contributed by atoms with van der Waals surface area (Å²) in [5, 5.41) is 8.00. The van der Waals surface area contributed by atoms with Crippen molar-refractivity contribution in [2.45, 2.75) is 0 Å². The molecule has 0 bridgehead atoms. The highest BCUT2D eigenvalue weighted by molar-refractivity contribution is 7.20. The molecule has 1 aromatic heterocycles. The van der Waals surface area contributed by atoms with Crippen molar-refractivity contribution >= 4 is 28.3 Å². The molecule has 2 rings (SSSR count). The van der Waals surface area contributed by atoms with E-state index >= 15 is 0 Å². The lowest BCUT2D eigenvalue weighted by Gasteiger charge is -2.04. The number of hydrogen-bond donors (Lipinski definition) is 3. The van der Waals surface area contributed by atoms with Crippen molar-refractivity contribution < 1.29 is 14.0 Å². The molecule has 2 aromatic rings. The van der Waals surface area contributed by atoms with Crippen LogP contribution in [0.1, 0.15) is 10.4 Å². The summed E-state index contributed by atoms with van der Waals surface area (Å²) < 4.78 is 13.0. The van der Waals surface area contributed by atoms with Gasteiger partial charge in [0.15, 0.2) is 0 Å². The Bertz CT molecular complexity index is 667. The van der Waals surface area contributed by atoms with Crippen molar-refractivity contribution in [2.24, 2.45) is 0 Å². The number of urea groups is 1. The van der Waals surface area contributed by atoms with E-state index in [4.69, 9.17) is 0 Å². The van der Waals surface area contributed by atoms with Gasteiger partial charge in [-0.2, -0.15) is 0 Å². The van der Waals surface area contributed by atoms with Crippen LogP contribution in [0, 0.1) is 5.82 Å². The Labute approximate surface area is 125 Å². The summed E-state index contributed by atoms with van der Waals surface area (Å²) in [7, 11) is 3.00. The SMILES string of the molecule is CNC(=O)Nc1sc(-c2ccc(F)cc2)cc1C(=O)NC. The smallest absolute Gasteiger partial charge is 0.319 e. The van der Waals surface area contributed by atoms with E-state index in [0.29, 0.717) is 10.6 Å². The number of halogens is 1. The fourth-order valence-electron chi connectivity index (χ4n) is 1.71. The van der Waals surface area contributed by atoms with Gasteiger partial charge in [0.05, 0.1) is 5.56 Å². The van der Waals surface area contributed by atoms with Gasteiger partial charge in [0.25, 0.3) is 5.91 Å². The molecule has 21 heavy (non-hydrogen) atoms. The molecule has 0 spiro atoms. The number of carbonyl (C=O) groups excluding carboxylic acids is 2. The number of hydrogen-bond acceptors (Lipinski definition) is 3. The highest BCUT2D eigenvalue weighted by Gasteiger charge is 2.17. The average molecular weight is 307 g/mol. The zero-order chi connectivity index (χ0) is 15.4. The second-order valence-electron chi connectivity index (χ2n) is 4.14. The molecule has 0 atom stereocenters. The zero-order valence-corrected chi connectivity index (χ0v) is 12.3. The number of carbonyl (C=O) groups is 2. The first-order valence-corrected chi connectivity index (χ1v) is 6.97. The molecule has 3 amide bonds. The molecule has 0 aliphatic carbocycles. The maximum absolute atomic E-state index is 13.0. The summed E-state index contributed by atoms with van der Waals surface area (Å²) in [6.45, 7) is 0. The molecule has 0 saturated carbocycles. The van der Waals surface area contributed by atoms with Crippen LogP contribution in [0.5, 0.6) is 0 Å². The number of anilines is 1. The molecular formula is C14H14FN3O2S. The predicted molar refractivity (Wildman–Crippen MR) is 81.2 cm³/mol. The molecular weight excluding hydrogens is 293 g/mol. The van der Waals surface area contributed by atoms with Crippen molar-refractivity contribution in [1.29, 1.82) is 0 Å². The van der Waals surface area contributed by atoms with Gasteiger partial charge in [0.1, 0.15) is 10.8 Å². The molecule has 3 N–H and O–H groups in total. The van der Waals surface area contributed by atoms with E-state index in [-0.39, 0.29) is 11.7 Å². The molecule has 1 aromatic carbocycles. The Balaban J connectivity index is 2.42. The molecule has 0 saturated heterocycles. The summed E-state index contributed by atoms with van der Waals surface area (Å²) in [5.41, 5.74) is 1.14. The van der Waals surface area contributed by atoms with E-state index in [2.05, 4.69) is 16.0 Å². The predicted octanol–water partition coefficient (Wildman–Crippen LogP) is 2.67. The van der Waals surface area contributed by atoms with E-state index in [1.165, 1.54) is 37.6 Å². The van der Waals surface area contributed by atoms with Crippen LogP contribution >= 0.6 is 11.3 Å². The quantitative estimate of drug-likeness (QED) is 0.816. The van der Waals surface area contributed by atoms with Crippen LogP contribution in [0.25, 0.3) is 10.4 Å². The first-order valence-electron chi connectivity index (χ1n) is 6.15. The van der Waals surface area contributed by atoms with Gasteiger partial charge in [-0.05, 0) is 23.8 Å². The fraction of sp³-hybridized carbons (Fsp3) is 0.143. The molecule has 1 heterocycles. The zero-order valence-electron chi connectivity index (χ0n) is 11.5. The minimum Gasteiger partial charge on any atom is -0.355 e. The Hall–Kier alpha value is -2.41. The van der Waals surface area contributed by atoms with Crippen LogP contribution in [-0.2, 0) is 0 Å². The second-order valence-corrected chi connectivity index (χ2v) is 5.20. The minimum absolute atomic E-state index is 0.300. The van der Waals surface area contributed by atoms with E-state index in [1.54, 1.807) is 18.2 Å². The van der Waals surface area contributed by atoms with Gasteiger partial charge in [-0.1, -0.05) is 12.1 Å². The van der Waals surface area contributed by atoms with Crippen LogP contribution in [0.4, 0.5) is 14.2 Å². The van der Waals surface area contributed by atoms with Crippen LogP contribution in [0.15, 0.2) is 30.3 Å². The van der Waals surface area contributed by atoms with Crippen molar-refractivity contribution in [3.05, 3.63) is 41.7 Å². The maximum Gasteiger partial charge on any atom is 0.319 e. The Morgan fingerprint density at radius 1 is 1.10 bits per heavy atom. The highest BCUT2D eigenvalue weighted by Crippen LogP contribution is 2.35. The summed E-state index contributed by atoms with van der Waals surface area (Å²) >= 11 is 1.25. The Morgan fingerprint density at radius 3 is 2.33 bits per heavy atom. The first-order chi connectivity index (χ1) is 10.0. The van der Waals surface area contributed by atoms with Crippen LogP contribution < -0.4 is 16.0 Å². The molecule has 0 aliphatic rings. The van der Waals surface area contributed by atoms with E-state index < -0.39 is 6.03 Å². The Morgan fingerprint density at radius 2 is 1.76 bits per heavy atom. The lowest BCUT2D eigenvalue weighted by atomic mass is 10.1. The minimum atomic E-state index is -0.410. The van der Waals surface area contributed by atoms with Crippen LogP contribution in [0.3, 0.4) is 0 Å². The third kappa shape index (κ3) is 3.38. The van der Waals surface area contributed by atoms with Crippen molar-refractivity contribution in [1.82, 2.24) is 10.6 Å². The van der Waals surface area contributed by atoms with Crippen molar-refractivity contribution in [2.75, 3.05) is 19.4 Å². The fourth-order valence-corrected chi connectivity index (χ4v) is 2.77. The third-order valence-corrected chi connectivity index (χ3v) is 3.89. The summed E-state index contributed by atoms with van der Waals surface area (Å²) in [6.07, 6.45) is 0. The average Bonchev–Trinajstić information content (AvgIpc) is 2.90. The van der Waals surface area contributed by atoms with Gasteiger partial charge in [-0.25, -0.2) is 9.18 Å². The van der Waals surface area contributed by atoms with E-state index in [0.717, 1.165) is 10.4 Å². The highest BCUT2D eigenvalue weighted by atomic mass is 32.1. The number of nitrogens with one attached hydrogen (secondary N) is 3. The normalized spacial score (nSPS) is 10.0. The third-order valence-electron chi connectivity index (χ3n) is 2.79. The van der Waals surface area contributed by atoms with Gasteiger partial charge in [0.2, 0.25) is 0 Å². The Kier molecular flexibility index (Phi) is 4.54. The molecule has 0 aliphatic heterocycles. The number of thiophene rings is 1. The van der Waals surface area contributed by atoms with Crippen molar-refractivity contribution in [3.8, 4) is 10.4 Å². The van der Waals surface area contributed by atoms with E-state index in [1.807, 2.05) is 0 Å². The van der Waals surface area contributed by atoms with Gasteiger partial charge in [-0.15, -0.1) is 11.3 Å². The molecule has 7 heteroatoms. The molecule has 0 fully saturated rings. The summed E-state index contributed by atoms with van der Waals surface area (Å²) in [4.78, 5) is 24.1. The van der Waals surface area contributed by atoms with Gasteiger partial charge < -0.3 is 10.6 Å². The lowest BCUT2D eigenvalue weighted by molar-refractivity contribution is 0.0964. The summed E-state index contributed by atoms with van der Waals surface area (Å²) in [5.74, 6) is -0.628. The second kappa shape index (κ2) is 6.36.